The Labute approximate surface area is 79.7 Å². The van der Waals surface area contributed by atoms with Crippen molar-refractivity contribution in [1.82, 2.24) is 0 Å². The molecule has 0 amide bonds. The Balaban J connectivity index is 0.000000308. The van der Waals surface area contributed by atoms with Crippen LogP contribution in [0.25, 0.3) is 0 Å². The van der Waals surface area contributed by atoms with Crippen molar-refractivity contribution < 1.29 is 9.53 Å². The molecule has 2 bridgehead atoms. The molecule has 2 heteroatoms. The van der Waals surface area contributed by atoms with Crippen molar-refractivity contribution in [3.8, 4) is 0 Å². The first-order chi connectivity index (χ1) is 6.34. The van der Waals surface area contributed by atoms with Gasteiger partial charge in [0.05, 0.1) is 5.92 Å². The van der Waals surface area contributed by atoms with Gasteiger partial charge in [-0.3, -0.25) is 4.79 Å². The predicted molar refractivity (Wildman–Crippen MR) is 50.2 cm³/mol. The number of hydrogen-bond donors (Lipinski definition) is 0. The molecule has 0 aromatic rings. The molecule has 0 radical (unpaired) electrons. The van der Waals surface area contributed by atoms with E-state index in [1.165, 1.54) is 12.8 Å². The number of ether oxygens (including phenoxy) is 1. The second kappa shape index (κ2) is 3.32. The second-order valence-corrected chi connectivity index (χ2v) is 4.16. The van der Waals surface area contributed by atoms with Gasteiger partial charge >= 0.3 is 5.97 Å². The fourth-order valence-electron chi connectivity index (χ4n) is 3.09. The number of hydrogen-bond acceptors (Lipinski definition) is 2. The minimum absolute atomic E-state index is 0.0993. The molecule has 1 aliphatic heterocycles. The van der Waals surface area contributed by atoms with E-state index >= 15 is 0 Å². The highest BCUT2D eigenvalue weighted by Crippen LogP contribution is 2.51. The Hall–Kier alpha value is -0.530. The summed E-state index contributed by atoms with van der Waals surface area (Å²) in [6, 6.07) is 0. The van der Waals surface area contributed by atoms with Crippen LogP contribution in [0.1, 0.15) is 39.5 Å². The van der Waals surface area contributed by atoms with E-state index in [4.69, 9.17) is 4.74 Å². The standard InChI is InChI=1S/C9H12O2.C2H6/c10-9-7-4-5-1-2-8(11-9)6(7)3-5;1-2/h5-8H,1-4H2;1-2H3. The van der Waals surface area contributed by atoms with Crippen LogP contribution in [0.15, 0.2) is 0 Å². The maximum atomic E-state index is 11.2. The van der Waals surface area contributed by atoms with Crippen molar-refractivity contribution in [1.29, 1.82) is 0 Å². The van der Waals surface area contributed by atoms with Gasteiger partial charge in [0.2, 0.25) is 0 Å². The molecule has 0 spiro atoms. The molecule has 2 saturated carbocycles. The largest absolute Gasteiger partial charge is 0.462 e. The van der Waals surface area contributed by atoms with E-state index < -0.39 is 0 Å². The Bertz CT molecular complexity index is 212. The van der Waals surface area contributed by atoms with Crippen molar-refractivity contribution in [2.75, 3.05) is 0 Å². The Morgan fingerprint density at radius 2 is 2.00 bits per heavy atom. The zero-order valence-corrected chi connectivity index (χ0v) is 8.45. The summed E-state index contributed by atoms with van der Waals surface area (Å²) in [5.74, 6) is 1.87. The Kier molecular flexibility index (Phi) is 2.31. The molecule has 3 fully saturated rings. The third-order valence-electron chi connectivity index (χ3n) is 3.62. The maximum absolute atomic E-state index is 11.2. The topological polar surface area (TPSA) is 26.3 Å². The molecule has 1 saturated heterocycles. The van der Waals surface area contributed by atoms with E-state index in [-0.39, 0.29) is 5.97 Å². The van der Waals surface area contributed by atoms with Crippen LogP contribution < -0.4 is 0 Å². The third kappa shape index (κ3) is 1.27. The molecule has 0 aromatic heterocycles. The zero-order chi connectivity index (χ0) is 9.42. The molecule has 2 nitrogen and oxygen atoms in total. The Morgan fingerprint density at radius 3 is 2.77 bits per heavy atom. The quantitative estimate of drug-likeness (QED) is 0.538. The molecule has 1 heterocycles. The molecule has 0 N–H and O–H groups in total. The monoisotopic (exact) mass is 182 g/mol. The van der Waals surface area contributed by atoms with E-state index in [9.17, 15) is 4.79 Å². The summed E-state index contributed by atoms with van der Waals surface area (Å²) in [6.45, 7) is 4.00. The van der Waals surface area contributed by atoms with Crippen LogP contribution in [0.3, 0.4) is 0 Å². The first-order valence-electron chi connectivity index (χ1n) is 5.55. The first kappa shape index (κ1) is 9.04. The van der Waals surface area contributed by atoms with Crippen LogP contribution >= 0.6 is 0 Å². The van der Waals surface area contributed by atoms with Gasteiger partial charge in [0, 0.05) is 5.92 Å². The SMILES string of the molecule is CC.O=C1OC2CCC3CC1C2C3. The zero-order valence-electron chi connectivity index (χ0n) is 8.45. The molecule has 4 unspecified atom stereocenters. The molecule has 4 atom stereocenters. The van der Waals surface area contributed by atoms with E-state index in [1.807, 2.05) is 13.8 Å². The molecule has 0 aromatic carbocycles. The van der Waals surface area contributed by atoms with Gasteiger partial charge < -0.3 is 4.74 Å². The fourth-order valence-corrected chi connectivity index (χ4v) is 3.09. The highest BCUT2D eigenvalue weighted by molar-refractivity contribution is 5.76. The van der Waals surface area contributed by atoms with Gasteiger partial charge in [-0.05, 0) is 31.6 Å². The van der Waals surface area contributed by atoms with Gasteiger partial charge in [0.15, 0.2) is 0 Å². The van der Waals surface area contributed by atoms with Crippen LogP contribution in [-0.2, 0) is 9.53 Å². The van der Waals surface area contributed by atoms with Crippen LogP contribution in [0.5, 0.6) is 0 Å². The molecular weight excluding hydrogens is 164 g/mol. The van der Waals surface area contributed by atoms with Crippen molar-refractivity contribution >= 4 is 5.97 Å². The van der Waals surface area contributed by atoms with Gasteiger partial charge in [0.1, 0.15) is 6.10 Å². The first-order valence-corrected chi connectivity index (χ1v) is 5.55. The van der Waals surface area contributed by atoms with Gasteiger partial charge in [-0.25, -0.2) is 0 Å². The van der Waals surface area contributed by atoms with Crippen molar-refractivity contribution in [3.63, 3.8) is 0 Å². The van der Waals surface area contributed by atoms with Gasteiger partial charge in [0.25, 0.3) is 0 Å². The summed E-state index contributed by atoms with van der Waals surface area (Å²) in [6.07, 6.45) is 5.13. The molecule has 3 aliphatic rings. The van der Waals surface area contributed by atoms with Crippen LogP contribution in [0.2, 0.25) is 0 Å². The summed E-state index contributed by atoms with van der Waals surface area (Å²) in [4.78, 5) is 11.2. The van der Waals surface area contributed by atoms with Gasteiger partial charge in [-0.2, -0.15) is 0 Å². The van der Waals surface area contributed by atoms with E-state index in [0.717, 1.165) is 18.8 Å². The smallest absolute Gasteiger partial charge is 0.309 e. The van der Waals surface area contributed by atoms with Crippen molar-refractivity contribution in [2.24, 2.45) is 17.8 Å². The number of carbonyl (C=O) groups excluding carboxylic acids is 1. The lowest BCUT2D eigenvalue weighted by molar-refractivity contribution is -0.146. The second-order valence-electron chi connectivity index (χ2n) is 4.16. The minimum Gasteiger partial charge on any atom is -0.462 e. The predicted octanol–water partition coefficient (Wildman–Crippen LogP) is 2.37. The number of rotatable bonds is 0. The molecule has 2 aliphatic carbocycles. The molecule has 74 valence electrons. The van der Waals surface area contributed by atoms with Crippen molar-refractivity contribution in [3.05, 3.63) is 0 Å². The van der Waals surface area contributed by atoms with E-state index in [2.05, 4.69) is 0 Å². The lowest BCUT2D eigenvalue weighted by Gasteiger charge is -2.23. The minimum atomic E-state index is 0.0993. The Morgan fingerprint density at radius 1 is 1.23 bits per heavy atom. The average molecular weight is 182 g/mol. The number of esters is 1. The molecule has 3 rings (SSSR count). The van der Waals surface area contributed by atoms with E-state index in [0.29, 0.717) is 17.9 Å². The number of carbonyl (C=O) groups is 1. The lowest BCUT2D eigenvalue weighted by Crippen LogP contribution is -2.21. The van der Waals surface area contributed by atoms with Crippen molar-refractivity contribution in [2.45, 2.75) is 45.6 Å². The lowest BCUT2D eigenvalue weighted by atomic mass is 9.86. The molecule has 13 heavy (non-hydrogen) atoms. The van der Waals surface area contributed by atoms with E-state index in [1.54, 1.807) is 0 Å². The summed E-state index contributed by atoms with van der Waals surface area (Å²) < 4.78 is 5.28. The van der Waals surface area contributed by atoms with Crippen LogP contribution in [-0.4, -0.2) is 12.1 Å². The average Bonchev–Trinajstić information content (AvgIpc) is 2.64. The maximum Gasteiger partial charge on any atom is 0.309 e. The fraction of sp³-hybridized carbons (Fsp3) is 0.909. The normalized spacial score (nSPS) is 45.2. The van der Waals surface area contributed by atoms with Crippen LogP contribution in [0.4, 0.5) is 0 Å². The molecular formula is C11H18O2. The highest BCUT2D eigenvalue weighted by atomic mass is 16.6. The van der Waals surface area contributed by atoms with Gasteiger partial charge in [-0.15, -0.1) is 0 Å². The van der Waals surface area contributed by atoms with Crippen LogP contribution in [0, 0.1) is 17.8 Å². The summed E-state index contributed by atoms with van der Waals surface area (Å²) in [7, 11) is 0. The van der Waals surface area contributed by atoms with Gasteiger partial charge in [-0.1, -0.05) is 13.8 Å². The number of fused-ring (bicyclic) bond motifs is 1. The summed E-state index contributed by atoms with van der Waals surface area (Å²) in [5, 5.41) is 0. The highest BCUT2D eigenvalue weighted by Gasteiger charge is 2.52. The summed E-state index contributed by atoms with van der Waals surface area (Å²) >= 11 is 0. The third-order valence-corrected chi connectivity index (χ3v) is 3.62. The summed E-state index contributed by atoms with van der Waals surface area (Å²) in [5.41, 5.74) is 0.